The Labute approximate surface area is 216 Å². The topological polar surface area (TPSA) is 131 Å². The molecule has 0 saturated carbocycles. The van der Waals surface area contributed by atoms with Gasteiger partial charge in [-0.3, -0.25) is 4.98 Å². The van der Waals surface area contributed by atoms with Crippen LogP contribution >= 0.6 is 27.7 Å². The number of aryl methyl sites for hydroxylation is 2. The Morgan fingerprint density at radius 3 is 2.63 bits per heavy atom. The van der Waals surface area contributed by atoms with Crippen LogP contribution in [0.3, 0.4) is 0 Å². The van der Waals surface area contributed by atoms with E-state index in [1.54, 1.807) is 32.2 Å². The Balaban J connectivity index is 2.15. The van der Waals surface area contributed by atoms with Crippen molar-refractivity contribution in [1.82, 2.24) is 4.98 Å². The second-order valence-electron chi connectivity index (χ2n) is 7.54. The maximum Gasteiger partial charge on any atom is 0.339 e. The number of nitrogens with zero attached hydrogens (tertiary/aromatic N) is 3. The number of benzene rings is 1. The summed E-state index contributed by atoms with van der Waals surface area (Å²) in [5.74, 6) is -0.723. The normalized spacial score (nSPS) is 15.2. The first-order valence-electron chi connectivity index (χ1n) is 10.6. The summed E-state index contributed by atoms with van der Waals surface area (Å²) >= 11 is 4.69. The highest BCUT2D eigenvalue weighted by Gasteiger charge is 2.39. The van der Waals surface area contributed by atoms with Gasteiger partial charge in [0.25, 0.3) is 0 Å². The fourth-order valence-corrected chi connectivity index (χ4v) is 5.31. The first-order valence-corrected chi connectivity index (χ1v) is 12.4. The molecule has 3 rings (SSSR count). The molecule has 1 aromatic carbocycles. The number of nitriles is 2. The third kappa shape index (κ3) is 5.45. The van der Waals surface area contributed by atoms with E-state index in [0.29, 0.717) is 27.0 Å². The molecule has 0 aliphatic carbocycles. The largest absolute Gasteiger partial charge is 0.497 e. The maximum absolute atomic E-state index is 13.2. The molecular formula is C25H23BrN4O4S. The highest BCUT2D eigenvalue weighted by atomic mass is 79.9. The molecule has 1 aliphatic heterocycles. The molecule has 1 aliphatic rings. The van der Waals surface area contributed by atoms with Crippen LogP contribution in [0, 0.1) is 36.5 Å². The fourth-order valence-electron chi connectivity index (χ4n) is 3.74. The quantitative estimate of drug-likeness (QED) is 0.476. The maximum atomic E-state index is 13.2. The number of nitrogens with two attached hydrogens (primary N) is 1. The van der Waals surface area contributed by atoms with Gasteiger partial charge in [-0.15, -0.1) is 0 Å². The smallest absolute Gasteiger partial charge is 0.339 e. The molecular weight excluding hydrogens is 532 g/mol. The lowest BCUT2D eigenvalue weighted by atomic mass is 9.84. The van der Waals surface area contributed by atoms with E-state index in [4.69, 9.17) is 19.9 Å². The molecule has 2 N–H and O–H groups in total. The average molecular weight is 555 g/mol. The molecule has 1 aromatic heterocycles. The molecule has 180 valence electrons. The molecule has 10 heteroatoms. The molecule has 35 heavy (non-hydrogen) atoms. The van der Waals surface area contributed by atoms with Crippen LogP contribution in [0.4, 0.5) is 0 Å². The van der Waals surface area contributed by atoms with Gasteiger partial charge in [-0.1, -0.05) is 33.8 Å². The molecule has 1 atom stereocenters. The standard InChI is InChI=1S/C25H23BrN4O4S/c1-5-33-24(31)22-21(16-7-6-15(32-4)9-19(16)26)18(11-28)23(29)34-25(22)35-12-20-17(10-27)13(2)8-14(3)30-20/h6-9,21H,5,12,29H2,1-4H3. The lowest BCUT2D eigenvalue weighted by Crippen LogP contribution is -2.26. The van der Waals surface area contributed by atoms with Crippen molar-refractivity contribution < 1.29 is 19.0 Å². The van der Waals surface area contributed by atoms with E-state index in [0.717, 1.165) is 11.3 Å². The van der Waals surface area contributed by atoms with Crippen molar-refractivity contribution in [2.75, 3.05) is 13.7 Å². The van der Waals surface area contributed by atoms with Gasteiger partial charge in [0.1, 0.15) is 23.5 Å². The number of allylic oxidation sites excluding steroid dienone is 1. The molecule has 0 saturated heterocycles. The van der Waals surface area contributed by atoms with Crippen LogP contribution in [0.1, 0.15) is 40.9 Å². The number of thioether (sulfide) groups is 1. The lowest BCUT2D eigenvalue weighted by molar-refractivity contribution is -0.139. The zero-order valence-corrected chi connectivity index (χ0v) is 22.0. The van der Waals surface area contributed by atoms with E-state index >= 15 is 0 Å². The second-order valence-corrected chi connectivity index (χ2v) is 9.34. The molecule has 0 amide bonds. The van der Waals surface area contributed by atoms with E-state index in [1.807, 2.05) is 19.9 Å². The Morgan fingerprint density at radius 2 is 2.03 bits per heavy atom. The Morgan fingerprint density at radius 1 is 1.29 bits per heavy atom. The summed E-state index contributed by atoms with van der Waals surface area (Å²) in [6.45, 7) is 5.52. The van der Waals surface area contributed by atoms with Gasteiger partial charge in [0, 0.05) is 15.9 Å². The van der Waals surface area contributed by atoms with Crippen molar-refractivity contribution in [3.05, 3.63) is 78.9 Å². The highest BCUT2D eigenvalue weighted by molar-refractivity contribution is 9.10. The summed E-state index contributed by atoms with van der Waals surface area (Å²) in [6.07, 6.45) is 0. The molecule has 2 aromatic rings. The lowest BCUT2D eigenvalue weighted by Gasteiger charge is -2.28. The predicted octanol–water partition coefficient (Wildman–Crippen LogP) is 4.86. The SMILES string of the molecule is CCOC(=O)C1=C(SCc2nc(C)cc(C)c2C#N)OC(N)=C(C#N)C1c1ccc(OC)cc1Br. The third-order valence-corrected chi connectivity index (χ3v) is 6.94. The average Bonchev–Trinajstić information content (AvgIpc) is 2.82. The predicted molar refractivity (Wildman–Crippen MR) is 135 cm³/mol. The minimum atomic E-state index is -0.835. The Hall–Kier alpha value is -3.47. The number of carbonyl (C=O) groups is 1. The third-order valence-electron chi connectivity index (χ3n) is 5.27. The summed E-state index contributed by atoms with van der Waals surface area (Å²) in [5, 5.41) is 19.7. The number of carbonyl (C=O) groups excluding carboxylic acids is 1. The van der Waals surface area contributed by atoms with E-state index < -0.39 is 11.9 Å². The zero-order valence-electron chi connectivity index (χ0n) is 19.6. The summed E-state index contributed by atoms with van der Waals surface area (Å²) in [6, 6.07) is 11.3. The van der Waals surface area contributed by atoms with Crippen LogP contribution in [0.5, 0.6) is 5.75 Å². The number of methoxy groups -OCH3 is 1. The number of hydrogen-bond acceptors (Lipinski definition) is 9. The van der Waals surface area contributed by atoms with E-state index in [9.17, 15) is 15.3 Å². The number of rotatable bonds is 7. The number of esters is 1. The summed E-state index contributed by atoms with van der Waals surface area (Å²) in [4.78, 5) is 17.7. The van der Waals surface area contributed by atoms with Gasteiger partial charge in [-0.2, -0.15) is 10.5 Å². The Kier molecular flexibility index (Phi) is 8.44. The van der Waals surface area contributed by atoms with E-state index in [2.05, 4.69) is 33.1 Å². The first-order chi connectivity index (χ1) is 16.7. The van der Waals surface area contributed by atoms with Gasteiger partial charge in [-0.25, -0.2) is 4.79 Å². The van der Waals surface area contributed by atoms with Crippen LogP contribution in [0.15, 0.2) is 50.9 Å². The monoisotopic (exact) mass is 554 g/mol. The minimum Gasteiger partial charge on any atom is -0.497 e. The summed E-state index contributed by atoms with van der Waals surface area (Å²) in [5.41, 5.74) is 9.62. The molecule has 2 heterocycles. The van der Waals surface area contributed by atoms with Gasteiger partial charge < -0.3 is 19.9 Å². The van der Waals surface area contributed by atoms with Crippen LogP contribution in [0.25, 0.3) is 0 Å². The van der Waals surface area contributed by atoms with Gasteiger partial charge in [0.15, 0.2) is 5.09 Å². The zero-order chi connectivity index (χ0) is 25.7. The van der Waals surface area contributed by atoms with Crippen LogP contribution in [-0.2, 0) is 20.0 Å². The van der Waals surface area contributed by atoms with Crippen molar-refractivity contribution in [3.8, 4) is 17.9 Å². The molecule has 0 fully saturated rings. The first kappa shape index (κ1) is 26.1. The van der Waals surface area contributed by atoms with Gasteiger partial charge in [0.2, 0.25) is 5.88 Å². The second kappa shape index (κ2) is 11.3. The number of halogens is 1. The fraction of sp³-hybridized carbons (Fsp3) is 0.280. The highest BCUT2D eigenvalue weighted by Crippen LogP contribution is 2.46. The Bertz CT molecular complexity index is 1320. The molecule has 1 unspecified atom stereocenters. The molecule has 0 bridgehead atoms. The van der Waals surface area contributed by atoms with Crippen molar-refractivity contribution in [3.63, 3.8) is 0 Å². The summed E-state index contributed by atoms with van der Waals surface area (Å²) in [7, 11) is 1.55. The van der Waals surface area contributed by atoms with Crippen LogP contribution in [0.2, 0.25) is 0 Å². The number of pyridine rings is 1. The van der Waals surface area contributed by atoms with Gasteiger partial charge >= 0.3 is 5.97 Å². The van der Waals surface area contributed by atoms with E-state index in [-0.39, 0.29) is 34.5 Å². The van der Waals surface area contributed by atoms with Crippen LogP contribution < -0.4 is 10.5 Å². The number of hydrogen-bond donors (Lipinski definition) is 1. The molecule has 8 nitrogen and oxygen atoms in total. The van der Waals surface area contributed by atoms with Crippen molar-refractivity contribution in [2.45, 2.75) is 32.4 Å². The van der Waals surface area contributed by atoms with Crippen molar-refractivity contribution in [1.29, 1.82) is 10.5 Å². The summed E-state index contributed by atoms with van der Waals surface area (Å²) < 4.78 is 17.0. The van der Waals surface area contributed by atoms with Crippen molar-refractivity contribution in [2.24, 2.45) is 5.73 Å². The molecule has 0 radical (unpaired) electrons. The van der Waals surface area contributed by atoms with Crippen LogP contribution in [-0.4, -0.2) is 24.7 Å². The number of aromatic nitrogens is 1. The van der Waals surface area contributed by atoms with Gasteiger partial charge in [0.05, 0.1) is 36.5 Å². The minimum absolute atomic E-state index is 0.0884. The number of ether oxygens (including phenoxy) is 3. The van der Waals surface area contributed by atoms with E-state index in [1.165, 1.54) is 11.8 Å². The van der Waals surface area contributed by atoms with Crippen molar-refractivity contribution >= 4 is 33.7 Å². The molecule has 0 spiro atoms. The van der Waals surface area contributed by atoms with Gasteiger partial charge in [-0.05, 0) is 50.1 Å².